The van der Waals surface area contributed by atoms with Gasteiger partial charge >= 0.3 is 5.97 Å². The van der Waals surface area contributed by atoms with Crippen LogP contribution in [0.2, 0.25) is 0 Å². The first-order valence-electron chi connectivity index (χ1n) is 7.77. The smallest absolute Gasteiger partial charge is 0.347 e. The van der Waals surface area contributed by atoms with Crippen molar-refractivity contribution in [1.82, 2.24) is 0 Å². The van der Waals surface area contributed by atoms with E-state index in [4.69, 9.17) is 4.74 Å². The third kappa shape index (κ3) is 1.85. The maximum Gasteiger partial charge on any atom is 0.347 e. The zero-order chi connectivity index (χ0) is 16.7. The minimum absolute atomic E-state index is 0.565. The highest BCUT2D eigenvalue weighted by molar-refractivity contribution is 5.99. The molecule has 0 spiro atoms. The van der Waals surface area contributed by atoms with Gasteiger partial charge in [-0.25, -0.2) is 4.79 Å². The largest absolute Gasteiger partial charge is 0.466 e. The number of rotatable bonds is 2. The Bertz CT molecular complexity index is 931. The molecule has 0 aliphatic heterocycles. The summed E-state index contributed by atoms with van der Waals surface area (Å²) in [6.45, 7) is 0. The summed E-state index contributed by atoms with van der Waals surface area (Å²) < 4.78 is 4.95. The fourth-order valence-electron chi connectivity index (χ4n) is 3.55. The van der Waals surface area contributed by atoms with Gasteiger partial charge in [-0.1, -0.05) is 72.8 Å². The fraction of sp³-hybridized carbons (Fsp3) is 0.0952. The summed E-state index contributed by atoms with van der Waals surface area (Å²) in [6, 6.07) is 23.0. The second kappa shape index (κ2) is 5.32. The number of carbonyl (C=O) groups excluding carboxylic acids is 1. The van der Waals surface area contributed by atoms with E-state index in [1.54, 1.807) is 6.07 Å². The molecule has 3 aromatic carbocycles. The first-order chi connectivity index (χ1) is 11.7. The first kappa shape index (κ1) is 14.7. The van der Waals surface area contributed by atoms with Crippen molar-refractivity contribution in [3.05, 3.63) is 83.9 Å². The molecule has 1 N–H and O–H groups in total. The third-order valence-corrected chi connectivity index (χ3v) is 4.60. The Labute approximate surface area is 140 Å². The molecule has 3 nitrogen and oxygen atoms in total. The maximum absolute atomic E-state index is 12.6. The van der Waals surface area contributed by atoms with Crippen LogP contribution < -0.4 is 0 Å². The average Bonchev–Trinajstić information content (AvgIpc) is 2.92. The van der Waals surface area contributed by atoms with Gasteiger partial charge in [-0.15, -0.1) is 0 Å². The van der Waals surface area contributed by atoms with Crippen LogP contribution in [0.25, 0.3) is 22.3 Å². The molecule has 3 heteroatoms. The van der Waals surface area contributed by atoms with Crippen molar-refractivity contribution in [1.29, 1.82) is 0 Å². The SMILES string of the molecule is COC(=O)C1(O)c2ccccc2-c2cccc(-c3ccccc3)c21. The molecule has 0 radical (unpaired) electrons. The molecular formula is C21H16O3. The molecule has 1 aliphatic carbocycles. The van der Waals surface area contributed by atoms with Gasteiger partial charge in [0.2, 0.25) is 5.60 Å². The van der Waals surface area contributed by atoms with Crippen LogP contribution in [-0.2, 0) is 15.1 Å². The Balaban J connectivity index is 2.09. The Morgan fingerprint density at radius 1 is 0.833 bits per heavy atom. The third-order valence-electron chi connectivity index (χ3n) is 4.60. The van der Waals surface area contributed by atoms with Gasteiger partial charge in [0.15, 0.2) is 0 Å². The van der Waals surface area contributed by atoms with E-state index in [0.717, 1.165) is 22.3 Å². The Morgan fingerprint density at radius 3 is 2.21 bits per heavy atom. The van der Waals surface area contributed by atoms with Crippen LogP contribution in [0.3, 0.4) is 0 Å². The van der Waals surface area contributed by atoms with E-state index in [1.165, 1.54) is 7.11 Å². The number of ether oxygens (including phenoxy) is 1. The Kier molecular flexibility index (Phi) is 3.25. The van der Waals surface area contributed by atoms with E-state index in [-0.39, 0.29) is 0 Å². The summed E-state index contributed by atoms with van der Waals surface area (Å²) in [4.78, 5) is 12.6. The second-order valence-corrected chi connectivity index (χ2v) is 5.84. The highest BCUT2D eigenvalue weighted by Gasteiger charge is 2.50. The van der Waals surface area contributed by atoms with E-state index in [1.807, 2.05) is 66.7 Å². The quantitative estimate of drug-likeness (QED) is 0.733. The molecule has 0 heterocycles. The lowest BCUT2D eigenvalue weighted by Gasteiger charge is -2.24. The Morgan fingerprint density at radius 2 is 1.46 bits per heavy atom. The summed E-state index contributed by atoms with van der Waals surface area (Å²) in [5.74, 6) is -0.669. The van der Waals surface area contributed by atoms with Gasteiger partial charge in [-0.05, 0) is 22.3 Å². The van der Waals surface area contributed by atoms with Crippen LogP contribution in [0, 0.1) is 0 Å². The van der Waals surface area contributed by atoms with Crippen molar-refractivity contribution < 1.29 is 14.6 Å². The monoisotopic (exact) mass is 316 g/mol. The van der Waals surface area contributed by atoms with E-state index >= 15 is 0 Å². The molecule has 3 aromatic rings. The van der Waals surface area contributed by atoms with Crippen molar-refractivity contribution in [2.75, 3.05) is 7.11 Å². The molecule has 1 aliphatic rings. The van der Waals surface area contributed by atoms with Gasteiger partial charge < -0.3 is 9.84 Å². The van der Waals surface area contributed by atoms with Crippen LogP contribution in [-0.4, -0.2) is 18.2 Å². The number of aliphatic hydroxyl groups is 1. The zero-order valence-electron chi connectivity index (χ0n) is 13.2. The fourth-order valence-corrected chi connectivity index (χ4v) is 3.55. The summed E-state index contributed by atoms with van der Waals surface area (Å²) in [6.07, 6.45) is 0. The molecule has 0 saturated carbocycles. The standard InChI is InChI=1S/C21H16O3/c1-24-20(22)21(23)18-13-6-5-10-16(18)17-12-7-11-15(19(17)21)14-8-3-2-4-9-14/h2-13,23H,1H3. The lowest BCUT2D eigenvalue weighted by Crippen LogP contribution is -2.36. The molecule has 118 valence electrons. The summed E-state index contributed by atoms with van der Waals surface area (Å²) in [7, 11) is 1.30. The predicted molar refractivity (Wildman–Crippen MR) is 92.3 cm³/mol. The normalized spacial score (nSPS) is 17.9. The van der Waals surface area contributed by atoms with E-state index in [9.17, 15) is 9.90 Å². The van der Waals surface area contributed by atoms with Crippen molar-refractivity contribution in [3.63, 3.8) is 0 Å². The summed E-state index contributed by atoms with van der Waals surface area (Å²) >= 11 is 0. The van der Waals surface area contributed by atoms with Crippen molar-refractivity contribution in [2.24, 2.45) is 0 Å². The van der Waals surface area contributed by atoms with Crippen molar-refractivity contribution in [3.8, 4) is 22.3 Å². The Hall–Kier alpha value is -2.91. The average molecular weight is 316 g/mol. The van der Waals surface area contributed by atoms with Gasteiger partial charge in [0.05, 0.1) is 7.11 Å². The van der Waals surface area contributed by atoms with Gasteiger partial charge in [0.1, 0.15) is 0 Å². The van der Waals surface area contributed by atoms with E-state index in [2.05, 4.69) is 0 Å². The zero-order valence-corrected chi connectivity index (χ0v) is 13.2. The maximum atomic E-state index is 12.6. The van der Waals surface area contributed by atoms with E-state index in [0.29, 0.717) is 11.1 Å². The van der Waals surface area contributed by atoms with Gasteiger partial charge in [0.25, 0.3) is 0 Å². The number of hydrogen-bond acceptors (Lipinski definition) is 3. The summed E-state index contributed by atoms with van der Waals surface area (Å²) in [5.41, 5.74) is 2.85. The number of fused-ring (bicyclic) bond motifs is 3. The van der Waals surface area contributed by atoms with Gasteiger partial charge in [0, 0.05) is 11.1 Å². The number of esters is 1. The number of carbonyl (C=O) groups is 1. The van der Waals surface area contributed by atoms with Crippen LogP contribution in [0.4, 0.5) is 0 Å². The van der Waals surface area contributed by atoms with Crippen LogP contribution >= 0.6 is 0 Å². The van der Waals surface area contributed by atoms with Crippen LogP contribution in [0.15, 0.2) is 72.8 Å². The molecule has 0 fully saturated rings. The molecule has 24 heavy (non-hydrogen) atoms. The van der Waals surface area contributed by atoms with Gasteiger partial charge in [-0.2, -0.15) is 0 Å². The topological polar surface area (TPSA) is 46.5 Å². The molecule has 1 atom stereocenters. The molecular weight excluding hydrogens is 300 g/mol. The molecule has 4 rings (SSSR count). The van der Waals surface area contributed by atoms with Gasteiger partial charge in [-0.3, -0.25) is 0 Å². The lowest BCUT2D eigenvalue weighted by molar-refractivity contribution is -0.158. The molecule has 0 aromatic heterocycles. The molecule has 1 unspecified atom stereocenters. The van der Waals surface area contributed by atoms with Crippen LogP contribution in [0.5, 0.6) is 0 Å². The molecule has 0 amide bonds. The number of hydrogen-bond donors (Lipinski definition) is 1. The highest BCUT2D eigenvalue weighted by atomic mass is 16.5. The van der Waals surface area contributed by atoms with E-state index < -0.39 is 11.6 Å². The predicted octanol–water partition coefficient (Wildman–Crippen LogP) is 3.74. The lowest BCUT2D eigenvalue weighted by atomic mass is 9.86. The second-order valence-electron chi connectivity index (χ2n) is 5.84. The highest BCUT2D eigenvalue weighted by Crippen LogP contribution is 2.51. The molecule has 0 bridgehead atoms. The minimum Gasteiger partial charge on any atom is -0.466 e. The van der Waals surface area contributed by atoms with Crippen LogP contribution in [0.1, 0.15) is 11.1 Å². The summed E-state index contributed by atoms with van der Waals surface area (Å²) in [5, 5.41) is 11.4. The van der Waals surface area contributed by atoms with Crippen molar-refractivity contribution >= 4 is 5.97 Å². The number of methoxy groups -OCH3 is 1. The number of benzene rings is 3. The van der Waals surface area contributed by atoms with Crippen molar-refractivity contribution in [2.45, 2.75) is 5.60 Å². The first-order valence-corrected chi connectivity index (χ1v) is 7.77. The molecule has 0 saturated heterocycles. The minimum atomic E-state index is -1.80.